The molecule has 0 saturated carbocycles. The minimum absolute atomic E-state index is 0.418. The number of nitrogens with zero attached hydrogens (tertiary/aromatic N) is 1. The van der Waals surface area contributed by atoms with Crippen molar-refractivity contribution in [1.82, 2.24) is 0 Å². The van der Waals surface area contributed by atoms with Gasteiger partial charge in [0.15, 0.2) is 0 Å². The van der Waals surface area contributed by atoms with Crippen molar-refractivity contribution in [3.63, 3.8) is 0 Å². The van der Waals surface area contributed by atoms with Crippen LogP contribution in [0.25, 0.3) is 0 Å². The van der Waals surface area contributed by atoms with Crippen LogP contribution in [0.1, 0.15) is 13.8 Å². The molecule has 0 amide bonds. The molecule has 0 aromatic rings. The topological polar surface area (TPSA) is 12.4 Å². The summed E-state index contributed by atoms with van der Waals surface area (Å²) in [5, 5.41) is 0. The predicted molar refractivity (Wildman–Crippen MR) is 56.1 cm³/mol. The van der Waals surface area contributed by atoms with Gasteiger partial charge in [-0.15, -0.1) is 0 Å². The molecule has 0 heterocycles. The van der Waals surface area contributed by atoms with Gasteiger partial charge in [-0.1, -0.05) is 31.4 Å². The van der Waals surface area contributed by atoms with Crippen molar-refractivity contribution in [2.75, 3.05) is 0 Å². The zero-order chi connectivity index (χ0) is 8.91. The molecule has 0 atom stereocenters. The van der Waals surface area contributed by atoms with Gasteiger partial charge in [0.25, 0.3) is 0 Å². The summed E-state index contributed by atoms with van der Waals surface area (Å²) < 4.78 is 0. The maximum atomic E-state index is 4.24. The molecule has 0 rings (SSSR count). The second kappa shape index (κ2) is 4.49. The Kier molecular flexibility index (Phi) is 4.34. The molecule has 0 fully saturated rings. The zero-order valence-electron chi connectivity index (χ0n) is 8.26. The molecule has 11 heavy (non-hydrogen) atoms. The van der Waals surface area contributed by atoms with E-state index in [4.69, 9.17) is 0 Å². The molecule has 0 aromatic heterocycles. The minimum Gasteiger partial charge on any atom is -0.290 e. The second-order valence-corrected chi connectivity index (χ2v) is 9.18. The molecular formula is C9H19NSi. The molecule has 0 saturated heterocycles. The first-order valence-corrected chi connectivity index (χ1v) is 7.70. The second-order valence-electron chi connectivity index (χ2n) is 4.12. The van der Waals surface area contributed by atoms with E-state index >= 15 is 0 Å². The highest BCUT2D eigenvalue weighted by atomic mass is 28.3. The molecule has 0 aliphatic rings. The Hall–Kier alpha value is -0.373. The van der Waals surface area contributed by atoms with Gasteiger partial charge in [-0.25, -0.2) is 0 Å². The fourth-order valence-electron chi connectivity index (χ4n) is 0.554. The van der Waals surface area contributed by atoms with Crippen LogP contribution in [0.4, 0.5) is 0 Å². The lowest BCUT2D eigenvalue weighted by Crippen LogP contribution is -2.15. The average Bonchev–Trinajstić information content (AvgIpc) is 1.78. The Balaban J connectivity index is 3.78. The highest BCUT2D eigenvalue weighted by molar-refractivity contribution is 6.81. The van der Waals surface area contributed by atoms with Crippen LogP contribution in [0.15, 0.2) is 16.8 Å². The molecule has 0 N–H and O–H groups in total. The summed E-state index contributed by atoms with van der Waals surface area (Å²) in [6, 6.07) is 0.418. The van der Waals surface area contributed by atoms with Gasteiger partial charge in [0.05, 0.1) is 8.07 Å². The van der Waals surface area contributed by atoms with Crippen LogP contribution in [0.2, 0.25) is 19.6 Å². The number of aliphatic imine (C=N–C) groups is 1. The highest BCUT2D eigenvalue weighted by Crippen LogP contribution is 2.00. The van der Waals surface area contributed by atoms with Crippen molar-refractivity contribution in [2.24, 2.45) is 4.99 Å². The Morgan fingerprint density at radius 2 is 1.73 bits per heavy atom. The maximum Gasteiger partial charge on any atom is 0.0687 e. The summed E-state index contributed by atoms with van der Waals surface area (Å²) >= 11 is 0. The van der Waals surface area contributed by atoms with E-state index in [2.05, 4.69) is 50.3 Å². The van der Waals surface area contributed by atoms with Crippen molar-refractivity contribution in [3.8, 4) is 0 Å². The summed E-state index contributed by atoms with van der Waals surface area (Å²) in [7, 11) is -1.00. The normalized spacial score (nSPS) is 14.0. The molecule has 0 aliphatic carbocycles. The van der Waals surface area contributed by atoms with Gasteiger partial charge in [0, 0.05) is 12.3 Å². The van der Waals surface area contributed by atoms with Gasteiger partial charge < -0.3 is 0 Å². The molecular weight excluding hydrogens is 150 g/mol. The molecule has 0 unspecified atom stereocenters. The van der Waals surface area contributed by atoms with E-state index in [1.54, 1.807) is 0 Å². The summed E-state index contributed by atoms with van der Waals surface area (Å²) in [5.74, 6) is 0. The summed E-state index contributed by atoms with van der Waals surface area (Å²) in [5.41, 5.74) is 2.29. The highest BCUT2D eigenvalue weighted by Gasteiger charge is 2.05. The van der Waals surface area contributed by atoms with Crippen molar-refractivity contribution >= 4 is 14.3 Å². The lowest BCUT2D eigenvalue weighted by molar-refractivity contribution is 0.842. The molecule has 0 spiro atoms. The van der Waals surface area contributed by atoms with E-state index in [1.165, 1.54) is 0 Å². The molecule has 1 nitrogen and oxygen atoms in total. The van der Waals surface area contributed by atoms with Crippen LogP contribution in [-0.2, 0) is 0 Å². The van der Waals surface area contributed by atoms with E-state index in [9.17, 15) is 0 Å². The molecule has 0 bridgehead atoms. The third-order valence-electron chi connectivity index (χ3n) is 1.07. The largest absolute Gasteiger partial charge is 0.290 e. The van der Waals surface area contributed by atoms with E-state index in [0.29, 0.717) is 6.04 Å². The van der Waals surface area contributed by atoms with Gasteiger partial charge in [-0.05, 0) is 13.8 Å². The van der Waals surface area contributed by atoms with Gasteiger partial charge >= 0.3 is 0 Å². The van der Waals surface area contributed by atoms with Crippen molar-refractivity contribution in [1.29, 1.82) is 0 Å². The predicted octanol–water partition coefficient (Wildman–Crippen LogP) is 2.90. The molecule has 0 aliphatic heterocycles. The van der Waals surface area contributed by atoms with E-state index in [0.717, 1.165) is 0 Å². The minimum atomic E-state index is -1.00. The first kappa shape index (κ1) is 10.6. The standard InChI is InChI=1S/C9H19NSi/c1-9(2)10-7-6-8-11(3,4)5/h6-9H,1-5H3/b8-6+,10-7?. The molecule has 0 radical (unpaired) electrons. The Morgan fingerprint density at radius 3 is 2.09 bits per heavy atom. The number of hydrogen-bond acceptors (Lipinski definition) is 1. The summed E-state index contributed by atoms with van der Waals surface area (Å²) in [6.07, 6.45) is 3.98. The SMILES string of the molecule is CC(C)N=C/C=C/[Si](C)(C)C. The van der Waals surface area contributed by atoms with Crippen molar-refractivity contribution < 1.29 is 0 Å². The van der Waals surface area contributed by atoms with Gasteiger partial charge in [0.2, 0.25) is 0 Å². The quantitative estimate of drug-likeness (QED) is 0.455. The fraction of sp³-hybridized carbons (Fsp3) is 0.667. The fourth-order valence-corrected chi connectivity index (χ4v) is 1.22. The van der Waals surface area contributed by atoms with E-state index < -0.39 is 8.07 Å². The van der Waals surface area contributed by atoms with Crippen molar-refractivity contribution in [3.05, 3.63) is 11.8 Å². The van der Waals surface area contributed by atoms with Crippen molar-refractivity contribution in [2.45, 2.75) is 39.5 Å². The van der Waals surface area contributed by atoms with Crippen LogP contribution in [0, 0.1) is 0 Å². The average molecular weight is 169 g/mol. The first-order valence-electron chi connectivity index (χ1n) is 4.13. The summed E-state index contributed by atoms with van der Waals surface area (Å²) in [6.45, 7) is 11.1. The van der Waals surface area contributed by atoms with Crippen LogP contribution in [0.5, 0.6) is 0 Å². The number of rotatable bonds is 3. The molecule has 0 aromatic carbocycles. The van der Waals surface area contributed by atoms with Gasteiger partial charge in [0.1, 0.15) is 0 Å². The van der Waals surface area contributed by atoms with E-state index in [1.807, 2.05) is 6.21 Å². The first-order chi connectivity index (χ1) is 4.92. The van der Waals surface area contributed by atoms with Crippen LogP contribution in [0.3, 0.4) is 0 Å². The number of hydrogen-bond donors (Lipinski definition) is 0. The third-order valence-corrected chi connectivity index (χ3v) is 2.26. The lowest BCUT2D eigenvalue weighted by Gasteiger charge is -2.06. The third kappa shape index (κ3) is 9.63. The summed E-state index contributed by atoms with van der Waals surface area (Å²) in [4.78, 5) is 4.24. The molecule has 64 valence electrons. The zero-order valence-corrected chi connectivity index (χ0v) is 9.26. The Bertz CT molecular complexity index is 151. The van der Waals surface area contributed by atoms with E-state index in [-0.39, 0.29) is 0 Å². The molecule has 2 heteroatoms. The van der Waals surface area contributed by atoms with Gasteiger partial charge in [-0.3, -0.25) is 4.99 Å². The Labute approximate surface area is 71.2 Å². The van der Waals surface area contributed by atoms with Crippen LogP contribution < -0.4 is 0 Å². The van der Waals surface area contributed by atoms with Gasteiger partial charge in [-0.2, -0.15) is 0 Å². The Morgan fingerprint density at radius 1 is 1.18 bits per heavy atom. The van der Waals surface area contributed by atoms with Crippen LogP contribution in [-0.4, -0.2) is 20.3 Å². The number of allylic oxidation sites excluding steroid dienone is 1. The maximum absolute atomic E-state index is 4.24. The smallest absolute Gasteiger partial charge is 0.0687 e. The van der Waals surface area contributed by atoms with Crippen LogP contribution >= 0.6 is 0 Å². The lowest BCUT2D eigenvalue weighted by atomic mass is 10.4. The monoisotopic (exact) mass is 169 g/mol.